The third-order valence-electron chi connectivity index (χ3n) is 7.35. The Balaban J connectivity index is 1.19. The predicted octanol–water partition coefficient (Wildman–Crippen LogP) is -0.230. The van der Waals surface area contributed by atoms with Crippen molar-refractivity contribution in [1.29, 1.82) is 0 Å². The zero-order valence-corrected chi connectivity index (χ0v) is 20.8. The lowest BCUT2D eigenvalue weighted by Gasteiger charge is -2.29. The van der Waals surface area contributed by atoms with Crippen molar-refractivity contribution in [2.45, 2.75) is 36.6 Å². The quantitative estimate of drug-likeness (QED) is 0.292. The van der Waals surface area contributed by atoms with Crippen molar-refractivity contribution in [2.75, 3.05) is 83.8 Å². The van der Waals surface area contributed by atoms with Crippen LogP contribution in [0, 0.1) is 0 Å². The van der Waals surface area contributed by atoms with Crippen LogP contribution in [0.3, 0.4) is 0 Å². The number of rotatable bonds is 15. The van der Waals surface area contributed by atoms with Crippen LogP contribution >= 0.6 is 0 Å². The minimum absolute atomic E-state index is 0.0747. The topological polar surface area (TPSA) is 119 Å². The second-order valence-electron chi connectivity index (χ2n) is 10.8. The number of hydrogen-bond donors (Lipinski definition) is 0. The van der Waals surface area contributed by atoms with Gasteiger partial charge in [0.05, 0.1) is 87.5 Å². The highest BCUT2D eigenvalue weighted by atomic mass is 16.6. The molecule has 11 heteroatoms. The van der Waals surface area contributed by atoms with Crippen LogP contribution in [-0.4, -0.2) is 137 Å². The molecule has 37 heavy (non-hydrogen) atoms. The van der Waals surface area contributed by atoms with Crippen molar-refractivity contribution < 1.29 is 38.0 Å². The Morgan fingerprint density at radius 3 is 1.38 bits per heavy atom. The first-order valence-corrected chi connectivity index (χ1v) is 13.3. The van der Waals surface area contributed by atoms with Crippen LogP contribution in [0.25, 0.3) is 0 Å². The van der Waals surface area contributed by atoms with Gasteiger partial charge in [0.2, 0.25) is 0 Å². The summed E-state index contributed by atoms with van der Waals surface area (Å²) in [4.78, 5) is 33.4. The van der Waals surface area contributed by atoms with Gasteiger partial charge in [0, 0.05) is 44.8 Å². The molecule has 6 atom stereocenters. The van der Waals surface area contributed by atoms with Gasteiger partial charge in [-0.15, -0.1) is 0 Å². The third-order valence-corrected chi connectivity index (χ3v) is 7.35. The Morgan fingerprint density at radius 2 is 0.973 bits per heavy atom. The van der Waals surface area contributed by atoms with Crippen molar-refractivity contribution in [3.63, 3.8) is 0 Å². The summed E-state index contributed by atoms with van der Waals surface area (Å²) < 4.78 is 32.7. The molecule has 6 fully saturated rings. The maximum absolute atomic E-state index is 13.9. The van der Waals surface area contributed by atoms with Crippen molar-refractivity contribution >= 4 is 17.5 Å². The number of epoxide rings is 6. The molecule has 6 aliphatic rings. The van der Waals surface area contributed by atoms with E-state index >= 15 is 0 Å². The van der Waals surface area contributed by atoms with E-state index in [1.165, 1.54) is 0 Å². The summed E-state index contributed by atoms with van der Waals surface area (Å²) in [5, 5.41) is 0. The van der Waals surface area contributed by atoms with Gasteiger partial charge in [-0.3, -0.25) is 9.59 Å². The van der Waals surface area contributed by atoms with Gasteiger partial charge in [-0.1, -0.05) is 0 Å². The summed E-state index contributed by atoms with van der Waals surface area (Å²) in [6, 6.07) is 5.44. The van der Waals surface area contributed by atoms with E-state index in [9.17, 15) is 9.59 Å². The van der Waals surface area contributed by atoms with Crippen molar-refractivity contribution in [3.8, 4) is 0 Å². The molecular weight excluding hydrogens is 482 g/mol. The lowest BCUT2D eigenvalue weighted by molar-refractivity contribution is 0.0719. The van der Waals surface area contributed by atoms with E-state index in [1.54, 1.807) is 12.1 Å². The molecule has 0 radical (unpaired) electrons. The maximum atomic E-state index is 13.9. The molecule has 2 amide bonds. The second kappa shape index (κ2) is 9.79. The summed E-state index contributed by atoms with van der Waals surface area (Å²) >= 11 is 0. The van der Waals surface area contributed by atoms with Gasteiger partial charge in [-0.05, 0) is 18.2 Å². The Labute approximate surface area is 215 Å². The summed E-state index contributed by atoms with van der Waals surface area (Å²) in [6.07, 6.45) is 0.555. The molecule has 0 bridgehead atoms. The largest absolute Gasteiger partial charge is 0.371 e. The molecule has 6 aliphatic heterocycles. The normalized spacial score (nSPS) is 31.9. The van der Waals surface area contributed by atoms with Crippen LogP contribution in [-0.2, 0) is 28.4 Å². The lowest BCUT2D eigenvalue weighted by atomic mass is 10.0. The molecule has 7 rings (SSSR count). The fourth-order valence-corrected chi connectivity index (χ4v) is 4.73. The van der Waals surface area contributed by atoms with E-state index in [4.69, 9.17) is 28.4 Å². The van der Waals surface area contributed by atoms with Gasteiger partial charge in [0.1, 0.15) is 0 Å². The van der Waals surface area contributed by atoms with Gasteiger partial charge in [-0.25, -0.2) is 0 Å². The Bertz CT molecular complexity index is 989. The number of carbonyl (C=O) groups excluding carboxylic acids is 2. The highest BCUT2D eigenvalue weighted by Crippen LogP contribution is 2.30. The smallest absolute Gasteiger partial charge is 0.256 e. The van der Waals surface area contributed by atoms with Crippen LogP contribution in [0.4, 0.5) is 5.69 Å². The lowest BCUT2D eigenvalue weighted by Crippen LogP contribution is -2.40. The fraction of sp³-hybridized carbons (Fsp3) is 0.692. The molecule has 11 nitrogen and oxygen atoms in total. The molecule has 6 saturated heterocycles. The van der Waals surface area contributed by atoms with Crippen LogP contribution in [0.2, 0.25) is 0 Å². The maximum Gasteiger partial charge on any atom is 0.256 e. The van der Waals surface area contributed by atoms with E-state index in [1.807, 2.05) is 15.9 Å². The summed E-state index contributed by atoms with van der Waals surface area (Å²) in [5.41, 5.74) is 1.86. The number of benzene rings is 1. The number of carbonyl (C=O) groups is 2. The average Bonchev–Trinajstić information content (AvgIpc) is 3.67. The van der Waals surface area contributed by atoms with Crippen molar-refractivity contribution in [1.82, 2.24) is 9.80 Å². The highest BCUT2D eigenvalue weighted by Gasteiger charge is 2.38. The van der Waals surface area contributed by atoms with E-state index < -0.39 is 0 Å². The molecule has 6 heterocycles. The molecule has 0 saturated carbocycles. The minimum Gasteiger partial charge on any atom is -0.371 e. The molecule has 6 unspecified atom stereocenters. The molecule has 0 spiro atoms. The first-order chi connectivity index (χ1) is 18.1. The van der Waals surface area contributed by atoms with Crippen molar-refractivity contribution in [2.24, 2.45) is 0 Å². The van der Waals surface area contributed by atoms with E-state index in [-0.39, 0.29) is 48.4 Å². The Morgan fingerprint density at radius 1 is 0.595 bits per heavy atom. The van der Waals surface area contributed by atoms with Crippen molar-refractivity contribution in [3.05, 3.63) is 29.3 Å². The number of nitrogens with zero attached hydrogens (tertiary/aromatic N) is 3. The molecule has 1 aromatic carbocycles. The Kier molecular flexibility index (Phi) is 6.30. The predicted molar refractivity (Wildman–Crippen MR) is 129 cm³/mol. The number of hydrogen-bond acceptors (Lipinski definition) is 9. The van der Waals surface area contributed by atoms with Crippen LogP contribution in [0.15, 0.2) is 18.2 Å². The Hall–Kier alpha value is -2.28. The van der Waals surface area contributed by atoms with E-state index in [2.05, 4.69) is 4.90 Å². The molecule has 200 valence electrons. The average molecular weight is 516 g/mol. The van der Waals surface area contributed by atoms with Gasteiger partial charge in [-0.2, -0.15) is 0 Å². The zero-order chi connectivity index (χ0) is 24.9. The van der Waals surface area contributed by atoms with Crippen LogP contribution in [0.1, 0.15) is 20.7 Å². The molecular formula is C26H33N3O8. The summed E-state index contributed by atoms with van der Waals surface area (Å²) in [7, 11) is 0. The number of amides is 2. The zero-order valence-electron chi connectivity index (χ0n) is 20.8. The monoisotopic (exact) mass is 515 g/mol. The molecule has 1 aromatic rings. The van der Waals surface area contributed by atoms with E-state index in [0.717, 1.165) is 5.69 Å². The molecule has 0 N–H and O–H groups in total. The number of anilines is 1. The third kappa shape index (κ3) is 6.42. The SMILES string of the molecule is O=C(c1ccc(C(=O)N(CC2CO2)CC2CO2)c(N(CC2CO2)CC2CO2)c1)N(CC1CO1)CC1CO1. The molecule has 0 aliphatic carbocycles. The van der Waals surface area contributed by atoms with Gasteiger partial charge < -0.3 is 43.1 Å². The molecule has 0 aromatic heterocycles. The van der Waals surface area contributed by atoms with Gasteiger partial charge in [0.15, 0.2) is 0 Å². The fourth-order valence-electron chi connectivity index (χ4n) is 4.73. The van der Waals surface area contributed by atoms with Crippen LogP contribution < -0.4 is 4.90 Å². The summed E-state index contributed by atoms with van der Waals surface area (Å²) in [6.45, 7) is 7.54. The first kappa shape index (κ1) is 23.8. The van der Waals surface area contributed by atoms with Crippen LogP contribution in [0.5, 0.6) is 0 Å². The van der Waals surface area contributed by atoms with Gasteiger partial charge >= 0.3 is 0 Å². The standard InChI is InChI=1S/C26H33N3O8/c30-25(28(6-19-12-34-19)7-20-13-35-20)16-1-2-23(26(31)29(8-21-14-36-21)9-22-15-37-22)24(3-16)27(4-17-10-32-17)5-18-11-33-18/h1-3,17-22H,4-15H2. The minimum atomic E-state index is -0.0776. The van der Waals surface area contributed by atoms with E-state index in [0.29, 0.717) is 90.0 Å². The van der Waals surface area contributed by atoms with Gasteiger partial charge in [0.25, 0.3) is 11.8 Å². The highest BCUT2D eigenvalue weighted by molar-refractivity contribution is 6.03. The number of ether oxygens (including phenoxy) is 6. The first-order valence-electron chi connectivity index (χ1n) is 13.3. The summed E-state index contributed by atoms with van der Waals surface area (Å²) in [5.74, 6) is -0.154. The second-order valence-corrected chi connectivity index (χ2v) is 10.8.